The summed E-state index contributed by atoms with van der Waals surface area (Å²) in [4.78, 5) is 22.7. The Labute approximate surface area is 124 Å². The minimum absolute atomic E-state index is 0.0335. The number of para-hydroxylation sites is 1. The molecule has 1 heterocycles. The van der Waals surface area contributed by atoms with E-state index in [1.54, 1.807) is 19.0 Å². The van der Waals surface area contributed by atoms with E-state index < -0.39 is 0 Å². The molecule has 0 spiro atoms. The molecule has 6 heteroatoms. The van der Waals surface area contributed by atoms with Crippen LogP contribution in [-0.2, 0) is 4.79 Å². The molecule has 2 N–H and O–H groups in total. The molecule has 0 bridgehead atoms. The third-order valence-corrected chi connectivity index (χ3v) is 3.40. The quantitative estimate of drug-likeness (QED) is 0.879. The van der Waals surface area contributed by atoms with Gasteiger partial charge in [0.05, 0.1) is 5.52 Å². The summed E-state index contributed by atoms with van der Waals surface area (Å²) in [6.45, 7) is 4.46. The van der Waals surface area contributed by atoms with E-state index in [2.05, 4.69) is 20.6 Å². The Balaban J connectivity index is 2.35. The fourth-order valence-corrected chi connectivity index (χ4v) is 2.05. The number of carbonyl (C=O) groups excluding carboxylic acids is 1. The predicted molar refractivity (Wildman–Crippen MR) is 85.5 cm³/mol. The van der Waals surface area contributed by atoms with Gasteiger partial charge in [0.15, 0.2) is 0 Å². The van der Waals surface area contributed by atoms with Gasteiger partial charge in [-0.25, -0.2) is 4.98 Å². The maximum atomic E-state index is 12.2. The molecule has 0 radical (unpaired) electrons. The Morgan fingerprint density at radius 2 is 2.05 bits per heavy atom. The van der Waals surface area contributed by atoms with Crippen LogP contribution in [0, 0.1) is 0 Å². The van der Waals surface area contributed by atoms with Gasteiger partial charge in [-0.05, 0) is 26.0 Å². The van der Waals surface area contributed by atoms with E-state index in [4.69, 9.17) is 0 Å². The molecule has 1 aromatic heterocycles. The summed E-state index contributed by atoms with van der Waals surface area (Å²) < 4.78 is 0. The number of rotatable bonds is 5. The molecule has 0 aliphatic carbocycles. The second-order valence-electron chi connectivity index (χ2n) is 4.88. The molecule has 0 saturated heterocycles. The van der Waals surface area contributed by atoms with Crippen LogP contribution in [0.1, 0.15) is 13.8 Å². The SMILES string of the molecule is CCN(C)C(=O)C(C)Nc1nc(NC)nc2ccccc12. The molecule has 21 heavy (non-hydrogen) atoms. The van der Waals surface area contributed by atoms with Crippen LogP contribution in [0.3, 0.4) is 0 Å². The van der Waals surface area contributed by atoms with Crippen LogP contribution in [0.5, 0.6) is 0 Å². The lowest BCUT2D eigenvalue weighted by molar-refractivity contribution is -0.130. The number of hydrogen-bond donors (Lipinski definition) is 2. The first kappa shape index (κ1) is 15.0. The van der Waals surface area contributed by atoms with Crippen molar-refractivity contribution in [1.82, 2.24) is 14.9 Å². The van der Waals surface area contributed by atoms with Crippen LogP contribution in [0.25, 0.3) is 10.9 Å². The van der Waals surface area contributed by atoms with Gasteiger partial charge in [-0.15, -0.1) is 0 Å². The highest BCUT2D eigenvalue weighted by Gasteiger charge is 2.18. The van der Waals surface area contributed by atoms with Gasteiger partial charge in [-0.2, -0.15) is 4.98 Å². The molecule has 2 rings (SSSR count). The molecule has 0 aliphatic rings. The van der Waals surface area contributed by atoms with Crippen LogP contribution in [-0.4, -0.2) is 47.5 Å². The Hall–Kier alpha value is -2.37. The summed E-state index contributed by atoms with van der Waals surface area (Å²) in [5.41, 5.74) is 0.836. The van der Waals surface area contributed by atoms with Crippen LogP contribution in [0.4, 0.5) is 11.8 Å². The van der Waals surface area contributed by atoms with Crippen molar-refractivity contribution in [2.75, 3.05) is 31.3 Å². The summed E-state index contributed by atoms with van der Waals surface area (Å²) in [6, 6.07) is 7.38. The minimum Gasteiger partial charge on any atom is -0.358 e. The predicted octanol–water partition coefficient (Wildman–Crippen LogP) is 1.95. The topological polar surface area (TPSA) is 70.2 Å². The average molecular weight is 287 g/mol. The lowest BCUT2D eigenvalue weighted by Gasteiger charge is -2.21. The average Bonchev–Trinajstić information content (AvgIpc) is 2.52. The van der Waals surface area contributed by atoms with Crippen LogP contribution in [0.15, 0.2) is 24.3 Å². The standard InChI is InChI=1S/C15H21N5O/c1-5-20(4)14(21)10(2)17-13-11-8-6-7-9-12(11)18-15(16-3)19-13/h6-10H,5H2,1-4H3,(H2,16,17,18,19). The molecule has 1 amide bonds. The summed E-state index contributed by atoms with van der Waals surface area (Å²) in [5, 5.41) is 7.03. The van der Waals surface area contributed by atoms with E-state index >= 15 is 0 Å². The van der Waals surface area contributed by atoms with Crippen LogP contribution < -0.4 is 10.6 Å². The molecule has 0 aliphatic heterocycles. The van der Waals surface area contributed by atoms with Gasteiger partial charge in [0.25, 0.3) is 0 Å². The molecule has 112 valence electrons. The highest BCUT2D eigenvalue weighted by molar-refractivity contribution is 5.92. The zero-order chi connectivity index (χ0) is 15.4. The zero-order valence-corrected chi connectivity index (χ0v) is 12.8. The van der Waals surface area contributed by atoms with Crippen molar-refractivity contribution in [3.05, 3.63) is 24.3 Å². The second kappa shape index (κ2) is 6.39. The summed E-state index contributed by atoms with van der Waals surface area (Å²) in [5.74, 6) is 1.22. The molecule has 0 saturated carbocycles. The first-order valence-electron chi connectivity index (χ1n) is 7.02. The molecular formula is C15H21N5O. The maximum Gasteiger partial charge on any atom is 0.244 e. The highest BCUT2D eigenvalue weighted by Crippen LogP contribution is 2.22. The number of carbonyl (C=O) groups is 1. The number of likely N-dealkylation sites (N-methyl/N-ethyl adjacent to an activating group) is 1. The van der Waals surface area contributed by atoms with E-state index in [-0.39, 0.29) is 11.9 Å². The largest absolute Gasteiger partial charge is 0.358 e. The van der Waals surface area contributed by atoms with Gasteiger partial charge in [0.2, 0.25) is 11.9 Å². The van der Waals surface area contributed by atoms with Gasteiger partial charge in [-0.1, -0.05) is 12.1 Å². The van der Waals surface area contributed by atoms with Crippen molar-refractivity contribution < 1.29 is 4.79 Å². The van der Waals surface area contributed by atoms with E-state index in [1.165, 1.54) is 0 Å². The molecule has 1 unspecified atom stereocenters. The molecule has 1 aromatic carbocycles. The lowest BCUT2D eigenvalue weighted by atomic mass is 10.2. The summed E-state index contributed by atoms with van der Waals surface area (Å²) >= 11 is 0. The van der Waals surface area contributed by atoms with E-state index in [0.717, 1.165) is 10.9 Å². The van der Waals surface area contributed by atoms with Gasteiger partial charge in [0.1, 0.15) is 11.9 Å². The van der Waals surface area contributed by atoms with Crippen molar-refractivity contribution in [2.24, 2.45) is 0 Å². The Morgan fingerprint density at radius 3 is 2.71 bits per heavy atom. The number of amides is 1. The molecule has 1 atom stereocenters. The summed E-state index contributed by atoms with van der Waals surface area (Å²) in [6.07, 6.45) is 0. The third kappa shape index (κ3) is 3.21. The van der Waals surface area contributed by atoms with Crippen molar-refractivity contribution in [2.45, 2.75) is 19.9 Å². The van der Waals surface area contributed by atoms with Gasteiger partial charge >= 0.3 is 0 Å². The Kier molecular flexibility index (Phi) is 4.57. The fourth-order valence-electron chi connectivity index (χ4n) is 2.05. The van der Waals surface area contributed by atoms with Gasteiger partial charge in [-0.3, -0.25) is 4.79 Å². The van der Waals surface area contributed by atoms with Crippen LogP contribution in [0.2, 0.25) is 0 Å². The number of hydrogen-bond acceptors (Lipinski definition) is 5. The maximum absolute atomic E-state index is 12.2. The van der Waals surface area contributed by atoms with E-state index in [0.29, 0.717) is 18.3 Å². The second-order valence-corrected chi connectivity index (χ2v) is 4.88. The molecule has 6 nitrogen and oxygen atoms in total. The number of nitrogens with one attached hydrogen (secondary N) is 2. The monoisotopic (exact) mass is 287 g/mol. The normalized spacial score (nSPS) is 12.0. The van der Waals surface area contributed by atoms with Crippen molar-refractivity contribution in [3.63, 3.8) is 0 Å². The van der Waals surface area contributed by atoms with E-state index in [9.17, 15) is 4.79 Å². The highest BCUT2D eigenvalue weighted by atomic mass is 16.2. The lowest BCUT2D eigenvalue weighted by Crippen LogP contribution is -2.39. The minimum atomic E-state index is -0.349. The molecular weight excluding hydrogens is 266 g/mol. The smallest absolute Gasteiger partial charge is 0.244 e. The zero-order valence-electron chi connectivity index (χ0n) is 12.8. The number of nitrogens with zero attached hydrogens (tertiary/aromatic N) is 3. The van der Waals surface area contributed by atoms with Crippen molar-refractivity contribution in [1.29, 1.82) is 0 Å². The number of aromatic nitrogens is 2. The first-order valence-corrected chi connectivity index (χ1v) is 7.02. The summed E-state index contributed by atoms with van der Waals surface area (Å²) in [7, 11) is 3.56. The Bertz CT molecular complexity index is 643. The first-order chi connectivity index (χ1) is 10.1. The van der Waals surface area contributed by atoms with Gasteiger partial charge in [0, 0.05) is 26.0 Å². The van der Waals surface area contributed by atoms with Crippen molar-refractivity contribution >= 4 is 28.6 Å². The Morgan fingerprint density at radius 1 is 1.33 bits per heavy atom. The number of fused-ring (bicyclic) bond motifs is 1. The molecule has 2 aromatic rings. The third-order valence-electron chi connectivity index (χ3n) is 3.40. The molecule has 0 fully saturated rings. The number of benzene rings is 1. The van der Waals surface area contributed by atoms with Crippen molar-refractivity contribution in [3.8, 4) is 0 Å². The van der Waals surface area contributed by atoms with E-state index in [1.807, 2.05) is 38.1 Å². The van der Waals surface area contributed by atoms with Crippen LogP contribution >= 0.6 is 0 Å². The number of anilines is 2. The fraction of sp³-hybridized carbons (Fsp3) is 0.400. The van der Waals surface area contributed by atoms with Gasteiger partial charge < -0.3 is 15.5 Å².